The maximum atomic E-state index is 13.1. The highest BCUT2D eigenvalue weighted by atomic mass is 32.2. The average molecular weight is 389 g/mol. The van der Waals surface area contributed by atoms with Crippen molar-refractivity contribution in [2.24, 2.45) is 13.0 Å². The van der Waals surface area contributed by atoms with Crippen LogP contribution < -0.4 is 0 Å². The maximum absolute atomic E-state index is 13.1. The monoisotopic (exact) mass is 389 g/mol. The van der Waals surface area contributed by atoms with Crippen molar-refractivity contribution in [1.29, 1.82) is 0 Å². The van der Waals surface area contributed by atoms with Crippen molar-refractivity contribution in [2.75, 3.05) is 13.1 Å². The molecular weight excluding hydrogens is 369 g/mol. The molecule has 1 saturated carbocycles. The molecule has 2 aliphatic heterocycles. The standard InChI is InChI=1S/C19H20FN3O3S/c1-22-8-13(7-21-22)11-2-3-17-15(6-11)16-9-23(10-18(16)27(17,25)26)19(24)12-4-14(20)5-12/h2-3,6-8,12,14,16,18H,4-5,9-10H2,1H3/t12?,14?,16-,18+/m1/s1. The third kappa shape index (κ3) is 2.46. The van der Waals surface area contributed by atoms with Gasteiger partial charge in [0.1, 0.15) is 6.17 Å². The number of aromatic nitrogens is 2. The summed E-state index contributed by atoms with van der Waals surface area (Å²) in [6.07, 6.45) is 3.26. The largest absolute Gasteiger partial charge is 0.340 e. The molecule has 2 atom stereocenters. The lowest BCUT2D eigenvalue weighted by Gasteiger charge is -2.32. The fourth-order valence-corrected chi connectivity index (χ4v) is 6.75. The zero-order valence-electron chi connectivity index (χ0n) is 14.9. The lowest BCUT2D eigenvalue weighted by atomic mass is 9.82. The van der Waals surface area contributed by atoms with Gasteiger partial charge in [0, 0.05) is 43.7 Å². The van der Waals surface area contributed by atoms with Gasteiger partial charge in [-0.25, -0.2) is 12.8 Å². The number of nitrogens with zero attached hydrogens (tertiary/aromatic N) is 3. The van der Waals surface area contributed by atoms with Gasteiger partial charge in [-0.2, -0.15) is 5.10 Å². The van der Waals surface area contributed by atoms with Gasteiger partial charge in [0.05, 0.1) is 16.3 Å². The minimum Gasteiger partial charge on any atom is -0.340 e. The first-order chi connectivity index (χ1) is 12.8. The number of aryl methyl sites for hydroxylation is 1. The van der Waals surface area contributed by atoms with Crippen LogP contribution >= 0.6 is 0 Å². The summed E-state index contributed by atoms with van der Waals surface area (Å²) in [5.74, 6) is -0.604. The van der Waals surface area contributed by atoms with E-state index in [9.17, 15) is 17.6 Å². The SMILES string of the molecule is Cn1cc(-c2ccc3c(c2)[C@H]2CN(C(=O)C4CC(F)C4)C[C@@H]2S3(=O)=O)cn1. The lowest BCUT2D eigenvalue weighted by Crippen LogP contribution is -2.42. The maximum Gasteiger partial charge on any atom is 0.225 e. The molecule has 6 nitrogen and oxygen atoms in total. The number of carbonyl (C=O) groups excluding carboxylic acids is 1. The van der Waals surface area contributed by atoms with Crippen LogP contribution in [0.3, 0.4) is 0 Å². The number of benzene rings is 1. The van der Waals surface area contributed by atoms with E-state index in [1.54, 1.807) is 21.8 Å². The smallest absolute Gasteiger partial charge is 0.225 e. The lowest BCUT2D eigenvalue weighted by molar-refractivity contribution is -0.139. The van der Waals surface area contributed by atoms with Gasteiger partial charge in [0.15, 0.2) is 9.84 Å². The van der Waals surface area contributed by atoms with Crippen molar-refractivity contribution >= 4 is 15.7 Å². The van der Waals surface area contributed by atoms with E-state index in [4.69, 9.17) is 0 Å². The summed E-state index contributed by atoms with van der Waals surface area (Å²) in [6.45, 7) is 0.593. The minimum atomic E-state index is -3.46. The Morgan fingerprint density at radius 1 is 1.22 bits per heavy atom. The molecule has 1 saturated heterocycles. The molecule has 2 aromatic rings. The number of fused-ring (bicyclic) bond motifs is 3. The average Bonchev–Trinajstić information content (AvgIpc) is 3.28. The summed E-state index contributed by atoms with van der Waals surface area (Å²) in [5.41, 5.74) is 2.63. The van der Waals surface area contributed by atoms with Gasteiger partial charge in [-0.1, -0.05) is 6.07 Å². The van der Waals surface area contributed by atoms with Crippen molar-refractivity contribution in [3.63, 3.8) is 0 Å². The molecular formula is C19H20FN3O3S. The second-order valence-electron chi connectivity index (χ2n) is 7.85. The van der Waals surface area contributed by atoms with Gasteiger partial charge in [-0.05, 0) is 36.1 Å². The van der Waals surface area contributed by atoms with Crippen LogP contribution in [0.1, 0.15) is 24.3 Å². The second kappa shape index (κ2) is 5.64. The normalized spacial score (nSPS) is 30.7. The Labute approximate surface area is 156 Å². The number of hydrogen-bond acceptors (Lipinski definition) is 4. The molecule has 0 radical (unpaired) electrons. The van der Waals surface area contributed by atoms with Crippen molar-refractivity contribution in [2.45, 2.75) is 35.1 Å². The van der Waals surface area contributed by atoms with E-state index >= 15 is 0 Å². The quantitative estimate of drug-likeness (QED) is 0.787. The molecule has 27 heavy (non-hydrogen) atoms. The number of rotatable bonds is 2. The van der Waals surface area contributed by atoms with Gasteiger partial charge in [0.25, 0.3) is 0 Å². The number of likely N-dealkylation sites (tertiary alicyclic amines) is 1. The first kappa shape index (κ1) is 16.9. The van der Waals surface area contributed by atoms with Crippen molar-refractivity contribution in [1.82, 2.24) is 14.7 Å². The van der Waals surface area contributed by atoms with Crippen molar-refractivity contribution in [3.05, 3.63) is 36.2 Å². The molecule has 0 N–H and O–H groups in total. The van der Waals surface area contributed by atoms with E-state index in [2.05, 4.69) is 5.10 Å². The van der Waals surface area contributed by atoms with Gasteiger partial charge in [0.2, 0.25) is 5.91 Å². The van der Waals surface area contributed by atoms with Crippen LogP contribution in [-0.4, -0.2) is 53.5 Å². The highest BCUT2D eigenvalue weighted by molar-refractivity contribution is 7.92. The highest BCUT2D eigenvalue weighted by Gasteiger charge is 2.52. The molecule has 1 aliphatic carbocycles. The number of sulfone groups is 1. The third-order valence-electron chi connectivity index (χ3n) is 6.16. The Balaban J connectivity index is 1.48. The third-order valence-corrected chi connectivity index (χ3v) is 8.42. The van der Waals surface area contributed by atoms with Crippen molar-refractivity contribution in [3.8, 4) is 11.1 Å². The molecule has 0 bridgehead atoms. The van der Waals surface area contributed by atoms with Crippen molar-refractivity contribution < 1.29 is 17.6 Å². The molecule has 1 aromatic heterocycles. The highest BCUT2D eigenvalue weighted by Crippen LogP contribution is 2.47. The zero-order chi connectivity index (χ0) is 18.9. The number of hydrogen-bond donors (Lipinski definition) is 0. The predicted molar refractivity (Wildman–Crippen MR) is 96.6 cm³/mol. The summed E-state index contributed by atoms with van der Waals surface area (Å²) < 4.78 is 40.8. The second-order valence-corrected chi connectivity index (χ2v) is 9.99. The fraction of sp³-hybridized carbons (Fsp3) is 0.474. The van der Waals surface area contributed by atoms with E-state index < -0.39 is 21.3 Å². The Morgan fingerprint density at radius 3 is 2.67 bits per heavy atom. The van der Waals surface area contributed by atoms with Gasteiger partial charge in [-0.15, -0.1) is 0 Å². The Morgan fingerprint density at radius 2 is 2.00 bits per heavy atom. The Hall–Kier alpha value is -2.22. The van der Waals surface area contributed by atoms with Gasteiger partial charge >= 0.3 is 0 Å². The van der Waals surface area contributed by atoms with Gasteiger partial charge in [-0.3, -0.25) is 9.48 Å². The van der Waals surface area contributed by atoms with Crippen LogP contribution in [0, 0.1) is 5.92 Å². The van der Waals surface area contributed by atoms with E-state index in [1.807, 2.05) is 25.4 Å². The molecule has 3 aliphatic rings. The van der Waals surface area contributed by atoms with E-state index in [0.29, 0.717) is 11.4 Å². The summed E-state index contributed by atoms with van der Waals surface area (Å²) >= 11 is 0. The molecule has 1 aromatic carbocycles. The molecule has 142 valence electrons. The van der Waals surface area contributed by atoms with Crippen LogP contribution in [0.25, 0.3) is 11.1 Å². The summed E-state index contributed by atoms with van der Waals surface area (Å²) in [4.78, 5) is 14.6. The summed E-state index contributed by atoms with van der Waals surface area (Å²) in [5, 5.41) is 3.58. The molecule has 5 rings (SSSR count). The summed E-state index contributed by atoms with van der Waals surface area (Å²) in [7, 11) is -1.62. The number of amides is 1. The van der Waals surface area contributed by atoms with Crippen LogP contribution in [0.15, 0.2) is 35.5 Å². The molecule has 3 heterocycles. The van der Waals surface area contributed by atoms with E-state index in [0.717, 1.165) is 16.7 Å². The van der Waals surface area contributed by atoms with Crippen LogP contribution in [0.2, 0.25) is 0 Å². The topological polar surface area (TPSA) is 72.3 Å². The molecule has 8 heteroatoms. The summed E-state index contributed by atoms with van der Waals surface area (Å²) in [6, 6.07) is 5.41. The zero-order valence-corrected chi connectivity index (χ0v) is 15.7. The van der Waals surface area contributed by atoms with Gasteiger partial charge < -0.3 is 4.90 Å². The first-order valence-electron chi connectivity index (χ1n) is 9.14. The van der Waals surface area contributed by atoms with E-state index in [1.165, 1.54) is 0 Å². The first-order valence-corrected chi connectivity index (χ1v) is 10.7. The Kier molecular flexibility index (Phi) is 3.53. The molecule has 0 spiro atoms. The number of halogens is 1. The molecule has 1 amide bonds. The molecule has 2 fully saturated rings. The number of carbonyl (C=O) groups is 1. The molecule has 0 unspecified atom stereocenters. The number of alkyl halides is 1. The minimum absolute atomic E-state index is 0.0986. The van der Waals surface area contributed by atoms with Crippen LogP contribution in [0.5, 0.6) is 0 Å². The Bertz CT molecular complexity index is 1040. The predicted octanol–water partition coefficient (Wildman–Crippen LogP) is 1.92. The van der Waals surface area contributed by atoms with E-state index in [-0.39, 0.29) is 37.1 Å². The van der Waals surface area contributed by atoms with Crippen LogP contribution in [0.4, 0.5) is 4.39 Å². The fourth-order valence-electron chi connectivity index (χ4n) is 4.59. The van der Waals surface area contributed by atoms with Crippen LogP contribution in [-0.2, 0) is 21.7 Å².